The Morgan fingerprint density at radius 3 is 2.53 bits per heavy atom. The molecule has 2 aromatic heterocycles. The van der Waals surface area contributed by atoms with E-state index in [1.807, 2.05) is 18.7 Å². The Kier molecular flexibility index (Phi) is 9.81. The SMILES string of the molecule is CC(C)NC(=O)CN1CCN(C(=O)c2cnc(NC(=O)C(CC3CCCCC3)n3cnc4ccc(F)cc4c3=O)s2)CC1. The van der Waals surface area contributed by atoms with E-state index < -0.39 is 23.3 Å². The Hall–Kier alpha value is -3.71. The van der Waals surface area contributed by atoms with Crippen molar-refractivity contribution in [3.05, 3.63) is 51.8 Å². The third kappa shape index (κ3) is 7.63. The van der Waals surface area contributed by atoms with Crippen molar-refractivity contribution in [2.75, 3.05) is 38.0 Å². The summed E-state index contributed by atoms with van der Waals surface area (Å²) in [5, 5.41) is 6.09. The molecule has 1 saturated heterocycles. The second kappa shape index (κ2) is 13.7. The van der Waals surface area contributed by atoms with E-state index in [1.54, 1.807) is 4.90 Å². The van der Waals surface area contributed by atoms with Crippen LogP contribution in [0.25, 0.3) is 10.9 Å². The largest absolute Gasteiger partial charge is 0.353 e. The van der Waals surface area contributed by atoms with Gasteiger partial charge in [0.05, 0.1) is 30.0 Å². The minimum atomic E-state index is -0.861. The second-order valence-corrected chi connectivity index (χ2v) is 12.7. The number of carbonyl (C=O) groups is 3. The van der Waals surface area contributed by atoms with Crippen molar-refractivity contribution >= 4 is 45.1 Å². The number of rotatable bonds is 9. The van der Waals surface area contributed by atoms with Crippen LogP contribution in [0.2, 0.25) is 0 Å². The number of anilines is 1. The standard InChI is InChI=1S/C30H38FN7O4S/c1-19(2)34-26(39)17-36-10-12-37(13-11-36)29(42)25-16-32-30(43-25)35-27(40)24(14-20-6-4-3-5-7-20)38-18-33-23-9-8-21(31)15-22(23)28(38)41/h8-9,15-16,18-20,24H,3-7,10-14,17H2,1-2H3,(H,34,39)(H,32,35,40). The summed E-state index contributed by atoms with van der Waals surface area (Å²) in [6, 6.07) is 3.06. The summed E-state index contributed by atoms with van der Waals surface area (Å²) in [6.45, 7) is 6.26. The van der Waals surface area contributed by atoms with Crippen LogP contribution in [-0.4, -0.2) is 80.8 Å². The zero-order chi connectivity index (χ0) is 30.5. The molecule has 2 aliphatic rings. The summed E-state index contributed by atoms with van der Waals surface area (Å²) in [6.07, 6.45) is 8.51. The van der Waals surface area contributed by atoms with Crippen molar-refractivity contribution < 1.29 is 18.8 Å². The molecule has 3 aromatic rings. The molecule has 1 atom stereocenters. The lowest BCUT2D eigenvalue weighted by Gasteiger charge is -2.34. The molecule has 0 radical (unpaired) electrons. The number of carbonyl (C=O) groups excluding carboxylic acids is 3. The summed E-state index contributed by atoms with van der Waals surface area (Å²) in [4.78, 5) is 65.1. The fourth-order valence-electron chi connectivity index (χ4n) is 5.87. The molecule has 1 aliphatic heterocycles. The number of thiazole rings is 1. The molecule has 1 aromatic carbocycles. The van der Waals surface area contributed by atoms with Crippen molar-refractivity contribution in [2.24, 2.45) is 5.92 Å². The molecule has 5 rings (SSSR count). The van der Waals surface area contributed by atoms with Crippen LogP contribution in [0, 0.1) is 11.7 Å². The molecule has 11 nitrogen and oxygen atoms in total. The maximum atomic E-state index is 14.0. The van der Waals surface area contributed by atoms with Gasteiger partial charge in [0.25, 0.3) is 11.5 Å². The monoisotopic (exact) mass is 611 g/mol. The van der Waals surface area contributed by atoms with Crippen LogP contribution in [0.3, 0.4) is 0 Å². The first-order chi connectivity index (χ1) is 20.7. The lowest BCUT2D eigenvalue weighted by atomic mass is 9.84. The normalized spacial score (nSPS) is 17.3. The number of piperazine rings is 1. The first kappa shape index (κ1) is 30.7. The number of amides is 3. The first-order valence-corrected chi connectivity index (χ1v) is 15.7. The average molecular weight is 612 g/mol. The van der Waals surface area contributed by atoms with Crippen LogP contribution >= 0.6 is 11.3 Å². The van der Waals surface area contributed by atoms with E-state index in [0.717, 1.165) is 49.5 Å². The minimum absolute atomic E-state index is 0.0340. The van der Waals surface area contributed by atoms with Gasteiger partial charge in [0.1, 0.15) is 16.7 Å². The highest BCUT2D eigenvalue weighted by Crippen LogP contribution is 2.32. The van der Waals surface area contributed by atoms with Gasteiger partial charge in [0.2, 0.25) is 11.8 Å². The van der Waals surface area contributed by atoms with Crippen molar-refractivity contribution in [3.63, 3.8) is 0 Å². The average Bonchev–Trinajstić information content (AvgIpc) is 3.45. The number of halogens is 1. The molecule has 3 amide bonds. The number of benzene rings is 1. The zero-order valence-corrected chi connectivity index (χ0v) is 25.4. The summed E-state index contributed by atoms with van der Waals surface area (Å²) in [7, 11) is 0. The van der Waals surface area contributed by atoms with Gasteiger partial charge in [-0.25, -0.2) is 14.4 Å². The summed E-state index contributed by atoms with van der Waals surface area (Å²) < 4.78 is 15.3. The lowest BCUT2D eigenvalue weighted by Crippen LogP contribution is -2.51. The maximum absolute atomic E-state index is 14.0. The fourth-order valence-corrected chi connectivity index (χ4v) is 6.66. The lowest BCUT2D eigenvalue weighted by molar-refractivity contribution is -0.123. The third-order valence-electron chi connectivity index (χ3n) is 8.09. The Bertz CT molecular complexity index is 1530. The van der Waals surface area contributed by atoms with Crippen molar-refractivity contribution in [1.82, 2.24) is 29.7 Å². The highest BCUT2D eigenvalue weighted by molar-refractivity contribution is 7.17. The van der Waals surface area contributed by atoms with E-state index in [4.69, 9.17) is 0 Å². The summed E-state index contributed by atoms with van der Waals surface area (Å²) in [5.41, 5.74) is -0.112. The predicted molar refractivity (Wildman–Crippen MR) is 163 cm³/mol. The van der Waals surface area contributed by atoms with Gasteiger partial charge in [0.15, 0.2) is 5.13 Å². The van der Waals surface area contributed by atoms with E-state index in [0.29, 0.717) is 49.5 Å². The van der Waals surface area contributed by atoms with Gasteiger partial charge in [-0.15, -0.1) is 0 Å². The molecule has 0 spiro atoms. The van der Waals surface area contributed by atoms with Gasteiger partial charge in [-0.1, -0.05) is 43.4 Å². The molecular formula is C30H38FN7O4S. The summed E-state index contributed by atoms with van der Waals surface area (Å²) in [5.74, 6) is -0.918. The highest BCUT2D eigenvalue weighted by Gasteiger charge is 2.29. The fraction of sp³-hybridized carbons (Fsp3) is 0.533. The van der Waals surface area contributed by atoms with Crippen LogP contribution in [-0.2, 0) is 9.59 Å². The molecule has 230 valence electrons. The number of aromatic nitrogens is 3. The topological polar surface area (TPSA) is 130 Å². The molecule has 0 bridgehead atoms. The predicted octanol–water partition coefficient (Wildman–Crippen LogP) is 3.42. The van der Waals surface area contributed by atoms with E-state index in [1.165, 1.54) is 29.2 Å². The van der Waals surface area contributed by atoms with Crippen LogP contribution < -0.4 is 16.2 Å². The Labute approximate surface area is 253 Å². The Balaban J connectivity index is 1.27. The smallest absolute Gasteiger partial charge is 0.265 e. The number of hydrogen-bond acceptors (Lipinski definition) is 8. The van der Waals surface area contributed by atoms with Crippen LogP contribution in [0.1, 0.15) is 68.1 Å². The van der Waals surface area contributed by atoms with E-state index >= 15 is 0 Å². The van der Waals surface area contributed by atoms with Crippen LogP contribution in [0.4, 0.5) is 9.52 Å². The van der Waals surface area contributed by atoms with Gasteiger partial charge < -0.3 is 15.5 Å². The Morgan fingerprint density at radius 1 is 1.07 bits per heavy atom. The second-order valence-electron chi connectivity index (χ2n) is 11.7. The zero-order valence-electron chi connectivity index (χ0n) is 24.6. The molecule has 43 heavy (non-hydrogen) atoms. The maximum Gasteiger partial charge on any atom is 0.265 e. The van der Waals surface area contributed by atoms with Gasteiger partial charge in [-0.2, -0.15) is 0 Å². The molecule has 1 saturated carbocycles. The van der Waals surface area contributed by atoms with E-state index in [-0.39, 0.29) is 34.3 Å². The molecule has 2 fully saturated rings. The van der Waals surface area contributed by atoms with Crippen LogP contribution in [0.5, 0.6) is 0 Å². The van der Waals surface area contributed by atoms with Crippen molar-refractivity contribution in [3.8, 4) is 0 Å². The molecular weight excluding hydrogens is 573 g/mol. The van der Waals surface area contributed by atoms with E-state index in [9.17, 15) is 23.6 Å². The first-order valence-electron chi connectivity index (χ1n) is 14.9. The van der Waals surface area contributed by atoms with Crippen LogP contribution in [0.15, 0.2) is 35.5 Å². The van der Waals surface area contributed by atoms with Crippen molar-refractivity contribution in [1.29, 1.82) is 0 Å². The van der Waals surface area contributed by atoms with Crippen molar-refractivity contribution in [2.45, 2.75) is 64.5 Å². The minimum Gasteiger partial charge on any atom is -0.353 e. The van der Waals surface area contributed by atoms with Gasteiger partial charge in [-0.05, 0) is 44.4 Å². The van der Waals surface area contributed by atoms with Gasteiger partial charge in [0, 0.05) is 32.2 Å². The molecule has 13 heteroatoms. The number of nitrogens with zero attached hydrogens (tertiary/aromatic N) is 5. The van der Waals surface area contributed by atoms with Gasteiger partial charge >= 0.3 is 0 Å². The quantitative estimate of drug-likeness (QED) is 0.379. The molecule has 3 heterocycles. The third-order valence-corrected chi connectivity index (χ3v) is 8.99. The molecule has 1 aliphatic carbocycles. The highest BCUT2D eigenvalue weighted by atomic mass is 32.1. The number of nitrogens with one attached hydrogen (secondary N) is 2. The van der Waals surface area contributed by atoms with E-state index in [2.05, 4.69) is 20.6 Å². The Morgan fingerprint density at radius 2 is 1.81 bits per heavy atom. The number of hydrogen-bond donors (Lipinski definition) is 2. The molecule has 2 N–H and O–H groups in total. The number of fused-ring (bicyclic) bond motifs is 1. The van der Waals surface area contributed by atoms with Gasteiger partial charge in [-0.3, -0.25) is 28.6 Å². The molecule has 1 unspecified atom stereocenters. The summed E-state index contributed by atoms with van der Waals surface area (Å²) >= 11 is 1.08.